The molecular weight excluding hydrogens is 138 g/mol. The van der Waals surface area contributed by atoms with Crippen LogP contribution in [0.2, 0.25) is 19.6 Å². The Bertz CT molecular complexity index is 131. The highest BCUT2D eigenvalue weighted by Gasteiger charge is 2.46. The van der Waals surface area contributed by atoms with Gasteiger partial charge in [-0.05, 0) is 25.7 Å². The lowest BCUT2D eigenvalue weighted by Gasteiger charge is -2.37. The fraction of sp³-hybridized carbons (Fsp3) is 1.00. The minimum atomic E-state index is -1.11. The largest absolute Gasteiger partial charge is 0.328 e. The summed E-state index contributed by atoms with van der Waals surface area (Å²) in [6.45, 7) is 9.35. The summed E-state index contributed by atoms with van der Waals surface area (Å²) in [7, 11) is -1.11. The molecule has 1 fully saturated rings. The van der Waals surface area contributed by atoms with Gasteiger partial charge in [0.25, 0.3) is 0 Å². The van der Waals surface area contributed by atoms with E-state index in [-0.39, 0.29) is 5.16 Å². The zero-order chi connectivity index (χ0) is 7.99. The fourth-order valence-electron chi connectivity index (χ4n) is 1.30. The zero-order valence-corrected chi connectivity index (χ0v) is 8.57. The van der Waals surface area contributed by atoms with Gasteiger partial charge < -0.3 is 5.73 Å². The highest BCUT2D eigenvalue weighted by atomic mass is 28.3. The van der Waals surface area contributed by atoms with Gasteiger partial charge in [0, 0.05) is 5.16 Å². The maximum atomic E-state index is 6.26. The summed E-state index contributed by atoms with van der Waals surface area (Å²) in [5.74, 6) is 0.846. The molecule has 0 aliphatic heterocycles. The second-order valence-corrected chi connectivity index (χ2v) is 10.4. The fourth-order valence-corrected chi connectivity index (χ4v) is 2.81. The zero-order valence-electron chi connectivity index (χ0n) is 7.57. The molecule has 1 aliphatic rings. The van der Waals surface area contributed by atoms with Crippen LogP contribution in [0.3, 0.4) is 0 Å². The third-order valence-corrected chi connectivity index (χ3v) is 6.68. The standard InChI is InChI=1S/C8H19NSi/c1-8(9,7-5-6-7)10(2,3)4/h7H,5-6,9H2,1-4H3. The van der Waals surface area contributed by atoms with Crippen molar-refractivity contribution >= 4 is 8.07 Å². The average molecular weight is 157 g/mol. The molecule has 0 aromatic rings. The number of nitrogens with two attached hydrogens (primary N) is 1. The summed E-state index contributed by atoms with van der Waals surface area (Å²) in [6.07, 6.45) is 2.74. The molecule has 1 unspecified atom stereocenters. The Morgan fingerprint density at radius 1 is 1.30 bits per heavy atom. The van der Waals surface area contributed by atoms with Gasteiger partial charge in [0.05, 0.1) is 8.07 Å². The molecule has 1 nitrogen and oxygen atoms in total. The summed E-state index contributed by atoms with van der Waals surface area (Å²) >= 11 is 0. The maximum Gasteiger partial charge on any atom is 0.0671 e. The topological polar surface area (TPSA) is 26.0 Å². The van der Waals surface area contributed by atoms with Crippen molar-refractivity contribution in [3.8, 4) is 0 Å². The summed E-state index contributed by atoms with van der Waals surface area (Å²) in [4.78, 5) is 0. The van der Waals surface area contributed by atoms with Crippen LogP contribution in [0.4, 0.5) is 0 Å². The van der Waals surface area contributed by atoms with Crippen LogP contribution >= 0.6 is 0 Å². The van der Waals surface area contributed by atoms with Crippen molar-refractivity contribution < 1.29 is 0 Å². The van der Waals surface area contributed by atoms with E-state index in [1.807, 2.05) is 0 Å². The van der Waals surface area contributed by atoms with E-state index in [0.717, 1.165) is 5.92 Å². The molecule has 1 saturated carbocycles. The SMILES string of the molecule is CC(N)(C1CC1)[Si](C)(C)C. The summed E-state index contributed by atoms with van der Waals surface area (Å²) in [5.41, 5.74) is 6.26. The Morgan fingerprint density at radius 2 is 1.70 bits per heavy atom. The molecule has 10 heavy (non-hydrogen) atoms. The highest BCUT2D eigenvalue weighted by Crippen LogP contribution is 2.42. The van der Waals surface area contributed by atoms with Crippen molar-refractivity contribution in [2.24, 2.45) is 11.7 Å². The van der Waals surface area contributed by atoms with E-state index in [9.17, 15) is 0 Å². The van der Waals surface area contributed by atoms with Crippen molar-refractivity contribution in [3.63, 3.8) is 0 Å². The van der Waals surface area contributed by atoms with E-state index in [2.05, 4.69) is 26.6 Å². The molecule has 0 bridgehead atoms. The van der Waals surface area contributed by atoms with Gasteiger partial charge in [0.2, 0.25) is 0 Å². The van der Waals surface area contributed by atoms with Gasteiger partial charge in [-0.2, -0.15) is 0 Å². The first-order valence-electron chi connectivity index (χ1n) is 4.14. The number of hydrogen-bond donors (Lipinski definition) is 1. The Balaban J connectivity index is 2.66. The lowest BCUT2D eigenvalue weighted by molar-refractivity contribution is 0.548. The molecule has 1 rings (SSSR count). The molecule has 0 radical (unpaired) electrons. The van der Waals surface area contributed by atoms with Gasteiger partial charge in [-0.25, -0.2) is 0 Å². The molecule has 60 valence electrons. The normalized spacial score (nSPS) is 26.1. The Hall–Kier alpha value is 0.177. The maximum absolute atomic E-state index is 6.26. The first kappa shape index (κ1) is 8.28. The van der Waals surface area contributed by atoms with E-state index >= 15 is 0 Å². The Labute approximate surface area is 65.0 Å². The molecule has 2 N–H and O–H groups in total. The van der Waals surface area contributed by atoms with Gasteiger partial charge in [-0.3, -0.25) is 0 Å². The van der Waals surface area contributed by atoms with Gasteiger partial charge in [-0.1, -0.05) is 19.6 Å². The van der Waals surface area contributed by atoms with E-state index in [1.165, 1.54) is 12.8 Å². The number of rotatable bonds is 2. The van der Waals surface area contributed by atoms with E-state index < -0.39 is 8.07 Å². The van der Waals surface area contributed by atoms with E-state index in [4.69, 9.17) is 5.73 Å². The molecule has 1 atom stereocenters. The average Bonchev–Trinajstić information content (AvgIpc) is 2.38. The lowest BCUT2D eigenvalue weighted by atomic mass is 10.2. The van der Waals surface area contributed by atoms with E-state index in [0.29, 0.717) is 0 Å². The molecular formula is C8H19NSi. The van der Waals surface area contributed by atoms with Crippen LogP contribution in [0.1, 0.15) is 19.8 Å². The molecule has 0 heterocycles. The first-order valence-corrected chi connectivity index (χ1v) is 7.64. The second kappa shape index (κ2) is 2.08. The molecule has 2 heteroatoms. The van der Waals surface area contributed by atoms with Crippen LogP contribution in [0.5, 0.6) is 0 Å². The van der Waals surface area contributed by atoms with Crippen molar-refractivity contribution in [1.82, 2.24) is 0 Å². The molecule has 0 spiro atoms. The summed E-state index contributed by atoms with van der Waals surface area (Å²) in [5, 5.41) is 0.188. The predicted molar refractivity (Wildman–Crippen MR) is 48.7 cm³/mol. The third kappa shape index (κ3) is 1.27. The van der Waals surface area contributed by atoms with Crippen molar-refractivity contribution in [3.05, 3.63) is 0 Å². The van der Waals surface area contributed by atoms with Crippen molar-refractivity contribution in [2.75, 3.05) is 0 Å². The smallest absolute Gasteiger partial charge is 0.0671 e. The van der Waals surface area contributed by atoms with Crippen LogP contribution in [-0.4, -0.2) is 13.2 Å². The first-order chi connectivity index (χ1) is 4.36. The Kier molecular flexibility index (Phi) is 1.72. The molecule has 0 amide bonds. The lowest BCUT2D eigenvalue weighted by Crippen LogP contribution is -2.58. The second-order valence-electron chi connectivity index (χ2n) is 4.81. The number of hydrogen-bond acceptors (Lipinski definition) is 1. The minimum absolute atomic E-state index is 0.188. The van der Waals surface area contributed by atoms with Crippen LogP contribution in [0.25, 0.3) is 0 Å². The monoisotopic (exact) mass is 157 g/mol. The van der Waals surface area contributed by atoms with Gasteiger partial charge in [0.15, 0.2) is 0 Å². The highest BCUT2D eigenvalue weighted by molar-refractivity contribution is 6.79. The quantitative estimate of drug-likeness (QED) is 0.610. The van der Waals surface area contributed by atoms with Crippen LogP contribution in [0.15, 0.2) is 0 Å². The van der Waals surface area contributed by atoms with E-state index in [1.54, 1.807) is 0 Å². The van der Waals surface area contributed by atoms with Gasteiger partial charge in [0.1, 0.15) is 0 Å². The summed E-state index contributed by atoms with van der Waals surface area (Å²) in [6, 6.07) is 0. The predicted octanol–water partition coefficient (Wildman–Crippen LogP) is 1.99. The Morgan fingerprint density at radius 3 is 1.80 bits per heavy atom. The van der Waals surface area contributed by atoms with Crippen LogP contribution < -0.4 is 5.73 Å². The van der Waals surface area contributed by atoms with Crippen LogP contribution in [0, 0.1) is 5.92 Å². The van der Waals surface area contributed by atoms with Crippen molar-refractivity contribution in [2.45, 2.75) is 44.6 Å². The summed E-state index contributed by atoms with van der Waals surface area (Å²) < 4.78 is 0. The molecule has 0 aromatic carbocycles. The van der Waals surface area contributed by atoms with Crippen LogP contribution in [-0.2, 0) is 0 Å². The van der Waals surface area contributed by atoms with Crippen molar-refractivity contribution in [1.29, 1.82) is 0 Å². The third-order valence-electron chi connectivity index (χ3n) is 3.04. The molecule has 1 aliphatic carbocycles. The van der Waals surface area contributed by atoms with Gasteiger partial charge in [-0.15, -0.1) is 0 Å². The van der Waals surface area contributed by atoms with Gasteiger partial charge >= 0.3 is 0 Å². The molecule has 0 aromatic heterocycles. The minimum Gasteiger partial charge on any atom is -0.328 e. The molecule has 0 saturated heterocycles.